The largest absolute Gasteiger partial charge is 0.495 e. The Labute approximate surface area is 190 Å². The number of sulfonamides is 1. The molecular weight excluding hydrogens is 444 g/mol. The highest BCUT2D eigenvalue weighted by Gasteiger charge is 2.19. The number of hydrogen-bond donors (Lipinski definition) is 2. The molecule has 0 radical (unpaired) electrons. The standard InChI is InChI=1S/C24H20N2O4S2/c1-30-22-13-6-5-12-21(22)26-32(28,29)19-11-7-10-18(16-19)25-24(27)23-20(14-15-31-23)17-8-3-2-4-9-17/h2-16,26H,1H3,(H,25,27). The van der Waals surface area contributed by atoms with Crippen molar-refractivity contribution >= 4 is 38.6 Å². The van der Waals surface area contributed by atoms with Crippen LogP contribution in [-0.2, 0) is 10.0 Å². The predicted molar refractivity (Wildman–Crippen MR) is 128 cm³/mol. The number of rotatable bonds is 7. The molecule has 0 aliphatic rings. The van der Waals surface area contributed by atoms with Gasteiger partial charge in [-0.2, -0.15) is 0 Å². The second kappa shape index (κ2) is 9.25. The monoisotopic (exact) mass is 464 g/mol. The Hall–Kier alpha value is -3.62. The molecule has 0 saturated carbocycles. The lowest BCUT2D eigenvalue weighted by Gasteiger charge is -2.13. The van der Waals surface area contributed by atoms with Crippen molar-refractivity contribution in [2.45, 2.75) is 4.90 Å². The Morgan fingerprint density at radius 1 is 0.906 bits per heavy atom. The molecule has 4 rings (SSSR count). The van der Waals surface area contributed by atoms with E-state index in [2.05, 4.69) is 10.0 Å². The SMILES string of the molecule is COc1ccccc1NS(=O)(=O)c1cccc(NC(=O)c2sccc2-c2ccccc2)c1. The van der Waals surface area contributed by atoms with Crippen LogP contribution in [0.1, 0.15) is 9.67 Å². The number of nitrogens with one attached hydrogen (secondary N) is 2. The summed E-state index contributed by atoms with van der Waals surface area (Å²) in [6.07, 6.45) is 0. The average Bonchev–Trinajstić information content (AvgIpc) is 3.30. The van der Waals surface area contributed by atoms with Crippen LogP contribution in [0.15, 0.2) is 95.2 Å². The lowest BCUT2D eigenvalue weighted by molar-refractivity contribution is 0.103. The third kappa shape index (κ3) is 4.66. The van der Waals surface area contributed by atoms with Crippen LogP contribution in [0, 0.1) is 0 Å². The summed E-state index contributed by atoms with van der Waals surface area (Å²) in [5.41, 5.74) is 2.48. The number of thiophene rings is 1. The summed E-state index contributed by atoms with van der Waals surface area (Å²) in [6.45, 7) is 0. The van der Waals surface area contributed by atoms with E-state index in [1.165, 1.54) is 30.6 Å². The second-order valence-corrected chi connectivity index (χ2v) is 9.42. The molecule has 0 saturated heterocycles. The maximum absolute atomic E-state index is 12.9. The van der Waals surface area contributed by atoms with Gasteiger partial charge in [0, 0.05) is 11.3 Å². The number of anilines is 2. The minimum atomic E-state index is -3.89. The predicted octanol–water partition coefficient (Wildman–Crippen LogP) is 5.48. The lowest BCUT2D eigenvalue weighted by Crippen LogP contribution is -2.15. The summed E-state index contributed by atoms with van der Waals surface area (Å²) in [7, 11) is -2.42. The van der Waals surface area contributed by atoms with Gasteiger partial charge in [0.2, 0.25) is 0 Å². The molecule has 0 bridgehead atoms. The molecule has 1 aromatic heterocycles. The van der Waals surface area contributed by atoms with Crippen molar-refractivity contribution in [3.8, 4) is 16.9 Å². The molecule has 6 nitrogen and oxygen atoms in total. The Bertz CT molecular complexity index is 1350. The number of amides is 1. The van der Waals surface area contributed by atoms with Gasteiger partial charge < -0.3 is 10.1 Å². The summed E-state index contributed by atoms with van der Waals surface area (Å²) < 4.78 is 33.5. The van der Waals surface area contributed by atoms with Crippen LogP contribution in [-0.4, -0.2) is 21.4 Å². The van der Waals surface area contributed by atoms with Crippen LogP contribution >= 0.6 is 11.3 Å². The maximum Gasteiger partial charge on any atom is 0.266 e. The van der Waals surface area contributed by atoms with Gasteiger partial charge in [-0.05, 0) is 47.3 Å². The van der Waals surface area contributed by atoms with Crippen molar-refractivity contribution in [1.29, 1.82) is 0 Å². The van der Waals surface area contributed by atoms with E-state index in [1.807, 2.05) is 41.8 Å². The van der Waals surface area contributed by atoms with Crippen molar-refractivity contribution in [3.63, 3.8) is 0 Å². The fourth-order valence-corrected chi connectivity index (χ4v) is 5.12. The van der Waals surface area contributed by atoms with E-state index < -0.39 is 10.0 Å². The number of benzene rings is 3. The molecule has 2 N–H and O–H groups in total. The molecule has 32 heavy (non-hydrogen) atoms. The number of para-hydroxylation sites is 2. The molecule has 0 fully saturated rings. The molecule has 0 unspecified atom stereocenters. The van der Waals surface area contributed by atoms with E-state index in [0.717, 1.165) is 11.1 Å². The quantitative estimate of drug-likeness (QED) is 0.379. The van der Waals surface area contributed by atoms with Crippen LogP contribution in [0.2, 0.25) is 0 Å². The van der Waals surface area contributed by atoms with Gasteiger partial charge in [-0.1, -0.05) is 48.5 Å². The number of methoxy groups -OCH3 is 1. The zero-order chi connectivity index (χ0) is 22.6. The third-order valence-corrected chi connectivity index (χ3v) is 6.99. The average molecular weight is 465 g/mol. The van der Waals surface area contributed by atoms with Crippen LogP contribution in [0.3, 0.4) is 0 Å². The Morgan fingerprint density at radius 3 is 2.44 bits per heavy atom. The minimum absolute atomic E-state index is 0.0238. The third-order valence-electron chi connectivity index (χ3n) is 4.71. The Balaban J connectivity index is 1.56. The molecule has 0 aliphatic carbocycles. The van der Waals surface area contributed by atoms with Crippen LogP contribution in [0.5, 0.6) is 5.75 Å². The molecule has 162 valence electrons. The molecule has 8 heteroatoms. The van der Waals surface area contributed by atoms with Crippen LogP contribution in [0.25, 0.3) is 11.1 Å². The molecule has 1 amide bonds. The van der Waals surface area contributed by atoms with E-state index in [9.17, 15) is 13.2 Å². The minimum Gasteiger partial charge on any atom is -0.495 e. The molecular formula is C24H20N2O4S2. The summed E-state index contributed by atoms with van der Waals surface area (Å²) in [5.74, 6) is 0.109. The fraction of sp³-hybridized carbons (Fsp3) is 0.0417. The van der Waals surface area contributed by atoms with Gasteiger partial charge in [-0.3, -0.25) is 9.52 Å². The Kier molecular flexibility index (Phi) is 6.25. The van der Waals surface area contributed by atoms with E-state index >= 15 is 0 Å². The van der Waals surface area contributed by atoms with Gasteiger partial charge in [0.25, 0.3) is 15.9 Å². The second-order valence-electron chi connectivity index (χ2n) is 6.82. The number of carbonyl (C=O) groups is 1. The molecule has 0 spiro atoms. The topological polar surface area (TPSA) is 84.5 Å². The first-order valence-electron chi connectivity index (χ1n) is 9.68. The zero-order valence-corrected chi connectivity index (χ0v) is 18.7. The molecule has 0 atom stereocenters. The number of hydrogen-bond acceptors (Lipinski definition) is 5. The van der Waals surface area contributed by atoms with Crippen LogP contribution in [0.4, 0.5) is 11.4 Å². The number of ether oxygens (including phenoxy) is 1. The fourth-order valence-electron chi connectivity index (χ4n) is 3.19. The highest BCUT2D eigenvalue weighted by atomic mass is 32.2. The first kappa shape index (κ1) is 21.6. The van der Waals surface area contributed by atoms with Crippen molar-refractivity contribution < 1.29 is 17.9 Å². The van der Waals surface area contributed by atoms with Crippen molar-refractivity contribution in [1.82, 2.24) is 0 Å². The van der Waals surface area contributed by atoms with E-state index in [-0.39, 0.29) is 10.8 Å². The molecule has 4 aromatic rings. The maximum atomic E-state index is 12.9. The highest BCUT2D eigenvalue weighted by Crippen LogP contribution is 2.30. The summed E-state index contributed by atoms with van der Waals surface area (Å²) in [5, 5.41) is 4.66. The van der Waals surface area contributed by atoms with Gasteiger partial charge in [-0.15, -0.1) is 11.3 Å². The first-order chi connectivity index (χ1) is 15.5. The smallest absolute Gasteiger partial charge is 0.266 e. The molecule has 1 heterocycles. The number of carbonyl (C=O) groups excluding carboxylic acids is 1. The van der Waals surface area contributed by atoms with Gasteiger partial charge in [-0.25, -0.2) is 8.42 Å². The van der Waals surface area contributed by atoms with Gasteiger partial charge >= 0.3 is 0 Å². The summed E-state index contributed by atoms with van der Waals surface area (Å²) in [4.78, 5) is 13.5. The normalized spacial score (nSPS) is 11.0. The van der Waals surface area contributed by atoms with E-state index in [0.29, 0.717) is 22.0 Å². The van der Waals surface area contributed by atoms with Crippen molar-refractivity contribution in [3.05, 3.63) is 95.2 Å². The van der Waals surface area contributed by atoms with Gasteiger partial charge in [0.1, 0.15) is 5.75 Å². The van der Waals surface area contributed by atoms with Gasteiger partial charge in [0.05, 0.1) is 22.6 Å². The van der Waals surface area contributed by atoms with E-state index in [4.69, 9.17) is 4.74 Å². The lowest BCUT2D eigenvalue weighted by atomic mass is 10.1. The highest BCUT2D eigenvalue weighted by molar-refractivity contribution is 7.92. The van der Waals surface area contributed by atoms with E-state index in [1.54, 1.807) is 36.4 Å². The Morgan fingerprint density at radius 2 is 1.66 bits per heavy atom. The van der Waals surface area contributed by atoms with Crippen molar-refractivity contribution in [2.75, 3.05) is 17.1 Å². The zero-order valence-electron chi connectivity index (χ0n) is 17.1. The summed E-state index contributed by atoms with van der Waals surface area (Å²) in [6, 6.07) is 24.4. The molecule has 3 aromatic carbocycles. The molecule has 0 aliphatic heterocycles. The van der Waals surface area contributed by atoms with Crippen LogP contribution < -0.4 is 14.8 Å². The van der Waals surface area contributed by atoms with Crippen molar-refractivity contribution in [2.24, 2.45) is 0 Å². The first-order valence-corrected chi connectivity index (χ1v) is 12.0. The van der Waals surface area contributed by atoms with Gasteiger partial charge in [0.15, 0.2) is 0 Å². The summed E-state index contributed by atoms with van der Waals surface area (Å²) >= 11 is 1.33.